The first-order chi connectivity index (χ1) is 13.3. The van der Waals surface area contributed by atoms with E-state index in [2.05, 4.69) is 41.3 Å². The maximum absolute atomic E-state index is 12.1. The summed E-state index contributed by atoms with van der Waals surface area (Å²) in [6, 6.07) is 9.69. The number of rotatable bonds is 5. The van der Waals surface area contributed by atoms with Crippen LogP contribution in [0.2, 0.25) is 0 Å². The molecule has 6 heteroatoms. The highest BCUT2D eigenvalue weighted by Crippen LogP contribution is 2.23. The number of nitrogens with one attached hydrogen (secondary N) is 2. The molecule has 150 valence electrons. The lowest BCUT2D eigenvalue weighted by Gasteiger charge is -2.28. The third kappa shape index (κ3) is 5.94. The van der Waals surface area contributed by atoms with E-state index in [0.29, 0.717) is 12.4 Å². The van der Waals surface area contributed by atoms with Crippen molar-refractivity contribution in [3.63, 3.8) is 0 Å². The second kappa shape index (κ2) is 8.59. The first-order valence-corrected chi connectivity index (χ1v) is 10.1. The van der Waals surface area contributed by atoms with Crippen LogP contribution in [0.3, 0.4) is 0 Å². The monoisotopic (exact) mass is 381 g/mol. The molecule has 0 radical (unpaired) electrons. The average Bonchev–Trinajstić information content (AvgIpc) is 2.62. The molecule has 0 bridgehead atoms. The number of nitrogens with zero attached hydrogens (tertiary/aromatic N) is 3. The van der Waals surface area contributed by atoms with Crippen molar-refractivity contribution in [3.8, 4) is 0 Å². The molecule has 1 aromatic heterocycles. The van der Waals surface area contributed by atoms with Gasteiger partial charge in [0.25, 0.3) is 0 Å². The van der Waals surface area contributed by atoms with Crippen LogP contribution in [0.5, 0.6) is 0 Å². The van der Waals surface area contributed by atoms with E-state index in [0.717, 1.165) is 36.0 Å². The molecule has 2 aromatic rings. The average molecular weight is 382 g/mol. The van der Waals surface area contributed by atoms with Gasteiger partial charge in [-0.1, -0.05) is 20.8 Å². The van der Waals surface area contributed by atoms with Gasteiger partial charge in [0.2, 0.25) is 11.9 Å². The molecule has 3 rings (SSSR count). The van der Waals surface area contributed by atoms with Crippen molar-refractivity contribution in [2.24, 2.45) is 5.41 Å². The smallest absolute Gasteiger partial charge is 0.229 e. The fourth-order valence-electron chi connectivity index (χ4n) is 3.35. The Morgan fingerprint density at radius 1 is 1.04 bits per heavy atom. The molecule has 0 atom stereocenters. The third-order valence-electron chi connectivity index (χ3n) is 4.64. The van der Waals surface area contributed by atoms with Crippen LogP contribution in [-0.4, -0.2) is 29.0 Å². The van der Waals surface area contributed by atoms with E-state index < -0.39 is 0 Å². The fourth-order valence-corrected chi connectivity index (χ4v) is 3.35. The molecule has 1 aromatic carbocycles. The van der Waals surface area contributed by atoms with Crippen molar-refractivity contribution in [1.29, 1.82) is 0 Å². The standard InChI is InChI=1S/C22H31N5O/c1-16-14-19(27-12-6-5-7-13-27)26-21(23-16)25-18-10-8-17(9-11-18)24-20(28)15-22(2,3)4/h8-11,14H,5-7,12-13,15H2,1-4H3,(H,24,28)(H,23,25,26). The number of anilines is 4. The zero-order chi connectivity index (χ0) is 20.1. The molecule has 2 N–H and O–H groups in total. The summed E-state index contributed by atoms with van der Waals surface area (Å²) < 4.78 is 0. The molecule has 6 nitrogen and oxygen atoms in total. The number of carbonyl (C=O) groups is 1. The Labute approximate surface area is 167 Å². The Morgan fingerprint density at radius 2 is 1.68 bits per heavy atom. The Hall–Kier alpha value is -2.63. The van der Waals surface area contributed by atoms with E-state index in [-0.39, 0.29) is 11.3 Å². The minimum Gasteiger partial charge on any atom is -0.356 e. The van der Waals surface area contributed by atoms with Crippen LogP contribution < -0.4 is 15.5 Å². The third-order valence-corrected chi connectivity index (χ3v) is 4.64. The Kier molecular flexibility index (Phi) is 6.17. The first-order valence-electron chi connectivity index (χ1n) is 10.1. The summed E-state index contributed by atoms with van der Waals surface area (Å²) in [5.74, 6) is 1.62. The van der Waals surface area contributed by atoms with Crippen LogP contribution in [0.1, 0.15) is 52.1 Å². The van der Waals surface area contributed by atoms with Gasteiger partial charge in [-0.05, 0) is 55.9 Å². The molecule has 1 fully saturated rings. The minimum atomic E-state index is -0.0276. The van der Waals surface area contributed by atoms with Crippen LogP contribution in [0.25, 0.3) is 0 Å². The van der Waals surface area contributed by atoms with E-state index in [1.807, 2.05) is 37.3 Å². The van der Waals surface area contributed by atoms with Gasteiger partial charge in [-0.25, -0.2) is 4.98 Å². The van der Waals surface area contributed by atoms with E-state index in [4.69, 9.17) is 4.98 Å². The van der Waals surface area contributed by atoms with Crippen LogP contribution in [0.15, 0.2) is 30.3 Å². The topological polar surface area (TPSA) is 70.2 Å². The molecule has 1 aliphatic rings. The summed E-state index contributed by atoms with van der Waals surface area (Å²) in [7, 11) is 0. The molecule has 2 heterocycles. The summed E-state index contributed by atoms with van der Waals surface area (Å²) in [4.78, 5) is 23.6. The lowest BCUT2D eigenvalue weighted by atomic mass is 9.92. The Morgan fingerprint density at radius 3 is 2.32 bits per heavy atom. The fraction of sp³-hybridized carbons (Fsp3) is 0.500. The number of aromatic nitrogens is 2. The van der Waals surface area contributed by atoms with Gasteiger partial charge < -0.3 is 15.5 Å². The first kappa shape index (κ1) is 20.1. The molecular formula is C22H31N5O. The number of piperidine rings is 1. The molecule has 1 aliphatic heterocycles. The molecule has 1 amide bonds. The molecule has 0 aliphatic carbocycles. The number of benzene rings is 1. The lowest BCUT2D eigenvalue weighted by Crippen LogP contribution is -2.30. The summed E-state index contributed by atoms with van der Waals surface area (Å²) in [5, 5.41) is 6.23. The number of hydrogen-bond donors (Lipinski definition) is 2. The molecule has 28 heavy (non-hydrogen) atoms. The van der Waals surface area contributed by atoms with Crippen molar-refractivity contribution in [2.75, 3.05) is 28.6 Å². The van der Waals surface area contributed by atoms with Crippen molar-refractivity contribution >= 4 is 29.0 Å². The molecule has 1 saturated heterocycles. The summed E-state index contributed by atoms with van der Waals surface area (Å²) in [6.07, 6.45) is 4.22. The van der Waals surface area contributed by atoms with Crippen LogP contribution in [0, 0.1) is 12.3 Å². The minimum absolute atomic E-state index is 0.0276. The maximum Gasteiger partial charge on any atom is 0.229 e. The number of aryl methyl sites for hydroxylation is 1. The normalized spacial score (nSPS) is 14.6. The highest BCUT2D eigenvalue weighted by molar-refractivity contribution is 5.91. The van der Waals surface area contributed by atoms with Crippen molar-refractivity contribution in [1.82, 2.24) is 9.97 Å². The van der Waals surface area contributed by atoms with E-state index in [1.54, 1.807) is 0 Å². The lowest BCUT2D eigenvalue weighted by molar-refractivity contribution is -0.117. The van der Waals surface area contributed by atoms with Crippen molar-refractivity contribution in [3.05, 3.63) is 36.0 Å². The molecule has 0 spiro atoms. The quantitative estimate of drug-likeness (QED) is 0.771. The van der Waals surface area contributed by atoms with Gasteiger partial charge in [-0.2, -0.15) is 4.98 Å². The number of amides is 1. The SMILES string of the molecule is Cc1cc(N2CCCCC2)nc(Nc2ccc(NC(=O)CC(C)(C)C)cc2)n1. The van der Waals surface area contributed by atoms with Crippen LogP contribution in [0.4, 0.5) is 23.1 Å². The number of carbonyl (C=O) groups excluding carboxylic acids is 1. The molecular weight excluding hydrogens is 350 g/mol. The van der Waals surface area contributed by atoms with Crippen molar-refractivity contribution < 1.29 is 4.79 Å². The predicted molar refractivity (Wildman–Crippen MR) is 115 cm³/mol. The van der Waals surface area contributed by atoms with Gasteiger partial charge in [0.1, 0.15) is 5.82 Å². The molecule has 0 unspecified atom stereocenters. The number of hydrogen-bond acceptors (Lipinski definition) is 5. The van der Waals surface area contributed by atoms with E-state index in [9.17, 15) is 4.79 Å². The van der Waals surface area contributed by atoms with Crippen molar-refractivity contribution in [2.45, 2.75) is 53.4 Å². The zero-order valence-corrected chi connectivity index (χ0v) is 17.4. The van der Waals surface area contributed by atoms with E-state index in [1.165, 1.54) is 19.3 Å². The van der Waals surface area contributed by atoms with Gasteiger partial charge in [-0.15, -0.1) is 0 Å². The second-order valence-corrected chi connectivity index (χ2v) is 8.73. The Bertz CT molecular complexity index is 805. The molecule has 0 saturated carbocycles. The summed E-state index contributed by atoms with van der Waals surface area (Å²) in [5.41, 5.74) is 2.60. The van der Waals surface area contributed by atoms with Gasteiger partial charge >= 0.3 is 0 Å². The van der Waals surface area contributed by atoms with Crippen LogP contribution >= 0.6 is 0 Å². The van der Waals surface area contributed by atoms with E-state index >= 15 is 0 Å². The Balaban J connectivity index is 1.65. The van der Waals surface area contributed by atoms with Gasteiger partial charge in [0.15, 0.2) is 0 Å². The maximum atomic E-state index is 12.1. The highest BCUT2D eigenvalue weighted by atomic mass is 16.1. The van der Waals surface area contributed by atoms with Crippen LogP contribution in [-0.2, 0) is 4.79 Å². The second-order valence-electron chi connectivity index (χ2n) is 8.73. The van der Waals surface area contributed by atoms with Gasteiger partial charge in [0, 0.05) is 42.6 Å². The highest BCUT2D eigenvalue weighted by Gasteiger charge is 2.16. The predicted octanol–water partition coefficient (Wildman–Crippen LogP) is 4.89. The summed E-state index contributed by atoms with van der Waals surface area (Å²) >= 11 is 0. The summed E-state index contributed by atoms with van der Waals surface area (Å²) in [6.45, 7) is 10.3. The van der Waals surface area contributed by atoms with Gasteiger partial charge in [-0.3, -0.25) is 4.79 Å². The largest absolute Gasteiger partial charge is 0.356 e. The zero-order valence-electron chi connectivity index (χ0n) is 17.4. The van der Waals surface area contributed by atoms with Gasteiger partial charge in [0.05, 0.1) is 0 Å².